The van der Waals surface area contributed by atoms with Crippen LogP contribution in [0.4, 0.5) is 0 Å². The van der Waals surface area contributed by atoms with Crippen molar-refractivity contribution in [2.24, 2.45) is 5.92 Å². The summed E-state index contributed by atoms with van der Waals surface area (Å²) >= 11 is 9.26. The molecule has 1 heterocycles. The highest BCUT2D eigenvalue weighted by Crippen LogP contribution is 2.21. The molecule has 1 unspecified atom stereocenters. The summed E-state index contributed by atoms with van der Waals surface area (Å²) in [6, 6.07) is 3.98. The van der Waals surface area contributed by atoms with Crippen LogP contribution < -0.4 is 5.32 Å². The average molecular weight is 308 g/mol. The first-order valence-electron chi connectivity index (χ1n) is 4.70. The molecule has 1 amide bonds. The summed E-state index contributed by atoms with van der Waals surface area (Å²) in [5.41, 5.74) is 0. The summed E-state index contributed by atoms with van der Waals surface area (Å²) in [6.45, 7) is 4.55. The van der Waals surface area contributed by atoms with Gasteiger partial charge in [0, 0.05) is 4.88 Å². The van der Waals surface area contributed by atoms with E-state index in [9.17, 15) is 4.79 Å². The molecule has 84 valence electrons. The third-order valence-electron chi connectivity index (χ3n) is 1.97. The Balaban J connectivity index is 2.40. The Bertz CT molecular complexity index is 338. The third-order valence-corrected chi connectivity index (χ3v) is 4.42. The Labute approximate surface area is 108 Å². The van der Waals surface area contributed by atoms with Crippen LogP contribution in [0.5, 0.6) is 0 Å². The van der Waals surface area contributed by atoms with E-state index in [0.29, 0.717) is 6.54 Å². The highest BCUT2D eigenvalue weighted by Gasteiger charge is 2.17. The summed E-state index contributed by atoms with van der Waals surface area (Å²) in [6.07, 6.45) is 0. The van der Waals surface area contributed by atoms with Crippen molar-refractivity contribution in [3.63, 3.8) is 0 Å². The predicted molar refractivity (Wildman–Crippen MR) is 71.5 cm³/mol. The monoisotopic (exact) mass is 307 g/mol. The highest BCUT2D eigenvalue weighted by atomic mass is 79.9. The van der Waals surface area contributed by atoms with E-state index in [-0.39, 0.29) is 17.1 Å². The molecule has 2 nitrogen and oxygen atoms in total. The quantitative estimate of drug-likeness (QED) is 0.822. The molecule has 15 heavy (non-hydrogen) atoms. The third kappa shape index (κ3) is 4.17. The van der Waals surface area contributed by atoms with Crippen molar-refractivity contribution < 1.29 is 4.79 Å². The van der Waals surface area contributed by atoms with Gasteiger partial charge in [-0.05, 0) is 34.0 Å². The molecule has 0 fully saturated rings. The molecule has 1 N–H and O–H groups in total. The number of amides is 1. The van der Waals surface area contributed by atoms with Crippen LogP contribution in [-0.4, -0.2) is 11.2 Å². The van der Waals surface area contributed by atoms with Gasteiger partial charge in [-0.3, -0.25) is 4.79 Å². The molecule has 1 rings (SSSR count). The van der Waals surface area contributed by atoms with E-state index >= 15 is 0 Å². The number of rotatable bonds is 4. The molecular weight excluding hydrogens is 294 g/mol. The number of carbonyl (C=O) groups excluding carboxylic acids is 1. The maximum atomic E-state index is 11.6. The number of hydrogen-bond donors (Lipinski definition) is 2. The van der Waals surface area contributed by atoms with Crippen LogP contribution in [0.3, 0.4) is 0 Å². The normalized spacial score (nSPS) is 12.9. The maximum Gasteiger partial charge on any atom is 0.233 e. The fraction of sp³-hybridized carbons (Fsp3) is 0.500. The van der Waals surface area contributed by atoms with Crippen LogP contribution in [0, 0.1) is 5.92 Å². The van der Waals surface area contributed by atoms with Gasteiger partial charge in [-0.2, -0.15) is 12.6 Å². The van der Waals surface area contributed by atoms with Crippen molar-refractivity contribution in [2.75, 3.05) is 0 Å². The summed E-state index contributed by atoms with van der Waals surface area (Å²) in [5.74, 6) is 0.251. The molecule has 1 aromatic heterocycles. The molecule has 0 spiro atoms. The van der Waals surface area contributed by atoms with Crippen molar-refractivity contribution >= 4 is 45.8 Å². The van der Waals surface area contributed by atoms with Gasteiger partial charge in [-0.25, -0.2) is 0 Å². The van der Waals surface area contributed by atoms with E-state index in [0.717, 1.165) is 8.66 Å². The number of thiophene rings is 1. The zero-order valence-electron chi connectivity index (χ0n) is 8.66. The van der Waals surface area contributed by atoms with E-state index < -0.39 is 0 Å². The molecule has 0 aliphatic heterocycles. The second-order valence-corrected chi connectivity index (χ2v) is 6.72. The van der Waals surface area contributed by atoms with E-state index in [1.54, 1.807) is 11.3 Å². The van der Waals surface area contributed by atoms with Gasteiger partial charge in [-0.15, -0.1) is 11.3 Å². The lowest BCUT2D eigenvalue weighted by Crippen LogP contribution is -2.33. The first kappa shape index (κ1) is 13.1. The topological polar surface area (TPSA) is 29.1 Å². The predicted octanol–water partition coefficient (Wildman–Crippen LogP) is 3.08. The average Bonchev–Trinajstić information content (AvgIpc) is 2.59. The maximum absolute atomic E-state index is 11.6. The largest absolute Gasteiger partial charge is 0.350 e. The molecule has 0 aromatic carbocycles. The highest BCUT2D eigenvalue weighted by molar-refractivity contribution is 9.11. The fourth-order valence-electron chi connectivity index (χ4n) is 1.03. The summed E-state index contributed by atoms with van der Waals surface area (Å²) in [5, 5.41) is 2.64. The van der Waals surface area contributed by atoms with Crippen LogP contribution in [0.2, 0.25) is 0 Å². The first-order valence-corrected chi connectivity index (χ1v) is 6.83. The smallest absolute Gasteiger partial charge is 0.233 e. The molecule has 0 aliphatic rings. The lowest BCUT2D eigenvalue weighted by Gasteiger charge is -2.13. The van der Waals surface area contributed by atoms with E-state index in [1.807, 2.05) is 26.0 Å². The van der Waals surface area contributed by atoms with Crippen LogP contribution in [0.25, 0.3) is 0 Å². The first-order chi connectivity index (χ1) is 7.00. The number of thiol groups is 1. The molecule has 0 bridgehead atoms. The Hall–Kier alpha value is -0.0000000000000000833. The summed E-state index contributed by atoms with van der Waals surface area (Å²) in [7, 11) is 0. The van der Waals surface area contributed by atoms with Crippen LogP contribution >= 0.6 is 39.9 Å². The van der Waals surface area contributed by atoms with E-state index in [2.05, 4.69) is 33.9 Å². The second kappa shape index (κ2) is 5.92. The molecule has 0 radical (unpaired) electrons. The van der Waals surface area contributed by atoms with Crippen molar-refractivity contribution in [1.29, 1.82) is 0 Å². The van der Waals surface area contributed by atoms with Gasteiger partial charge in [0.1, 0.15) is 0 Å². The van der Waals surface area contributed by atoms with E-state index in [1.165, 1.54) is 0 Å². The standard InChI is InChI=1S/C10H14BrNOS2/c1-6(2)9(14)10(13)12-5-7-3-4-8(11)15-7/h3-4,6,9,14H,5H2,1-2H3,(H,12,13). The minimum atomic E-state index is -0.228. The number of nitrogens with one attached hydrogen (secondary N) is 1. The van der Waals surface area contributed by atoms with Crippen molar-refractivity contribution in [1.82, 2.24) is 5.32 Å². The van der Waals surface area contributed by atoms with Gasteiger partial charge in [0.05, 0.1) is 15.6 Å². The fourth-order valence-corrected chi connectivity index (χ4v) is 2.54. The van der Waals surface area contributed by atoms with Gasteiger partial charge in [0.15, 0.2) is 0 Å². The van der Waals surface area contributed by atoms with Gasteiger partial charge in [0.2, 0.25) is 5.91 Å². The number of carbonyl (C=O) groups is 1. The van der Waals surface area contributed by atoms with Crippen LogP contribution in [-0.2, 0) is 11.3 Å². The van der Waals surface area contributed by atoms with Crippen LogP contribution in [0.1, 0.15) is 18.7 Å². The van der Waals surface area contributed by atoms with Gasteiger partial charge < -0.3 is 5.32 Å². The molecule has 0 saturated heterocycles. The number of hydrogen-bond acceptors (Lipinski definition) is 3. The molecule has 1 atom stereocenters. The summed E-state index contributed by atoms with van der Waals surface area (Å²) in [4.78, 5) is 12.7. The van der Waals surface area contributed by atoms with Gasteiger partial charge in [0.25, 0.3) is 0 Å². The van der Waals surface area contributed by atoms with Crippen molar-refractivity contribution in [3.05, 3.63) is 20.8 Å². The van der Waals surface area contributed by atoms with Gasteiger partial charge >= 0.3 is 0 Å². The molecular formula is C10H14BrNOS2. The van der Waals surface area contributed by atoms with Gasteiger partial charge in [-0.1, -0.05) is 13.8 Å². The Morgan fingerprint density at radius 3 is 2.73 bits per heavy atom. The Kier molecular flexibility index (Phi) is 5.15. The number of halogens is 1. The lowest BCUT2D eigenvalue weighted by atomic mass is 10.1. The molecule has 1 aromatic rings. The van der Waals surface area contributed by atoms with Crippen LogP contribution in [0.15, 0.2) is 15.9 Å². The molecule has 0 saturated carbocycles. The zero-order valence-corrected chi connectivity index (χ0v) is 12.0. The van der Waals surface area contributed by atoms with Crippen molar-refractivity contribution in [2.45, 2.75) is 25.6 Å². The zero-order chi connectivity index (χ0) is 11.4. The Morgan fingerprint density at radius 2 is 2.27 bits per heavy atom. The molecule has 5 heteroatoms. The Morgan fingerprint density at radius 1 is 1.60 bits per heavy atom. The summed E-state index contributed by atoms with van der Waals surface area (Å²) < 4.78 is 1.08. The van der Waals surface area contributed by atoms with Crippen molar-refractivity contribution in [3.8, 4) is 0 Å². The minimum absolute atomic E-state index is 0.00199. The van der Waals surface area contributed by atoms with E-state index in [4.69, 9.17) is 0 Å². The molecule has 0 aliphatic carbocycles. The second-order valence-electron chi connectivity index (χ2n) is 3.61. The minimum Gasteiger partial charge on any atom is -0.350 e. The lowest BCUT2D eigenvalue weighted by molar-refractivity contribution is -0.121. The SMILES string of the molecule is CC(C)C(S)C(=O)NCc1ccc(Br)s1.